The van der Waals surface area contributed by atoms with Crippen LogP contribution in [0.2, 0.25) is 0 Å². The van der Waals surface area contributed by atoms with Gasteiger partial charge in [-0.1, -0.05) is 36.4 Å². The van der Waals surface area contributed by atoms with Crippen LogP contribution in [0.4, 0.5) is 11.4 Å². The highest BCUT2D eigenvalue weighted by Gasteiger charge is 2.64. The average Bonchev–Trinajstić information content (AvgIpc) is 3.40. The van der Waals surface area contributed by atoms with E-state index in [1.54, 1.807) is 35.4 Å². The summed E-state index contributed by atoms with van der Waals surface area (Å²) in [6.07, 6.45) is 3.58. The zero-order valence-electron chi connectivity index (χ0n) is 20.2. The highest BCUT2D eigenvalue weighted by molar-refractivity contribution is 6.24. The monoisotopic (exact) mass is 507 g/mol. The number of carbonyl (C=O) groups excluding carboxylic acids is 4. The number of carbonyl (C=O) groups is 4. The summed E-state index contributed by atoms with van der Waals surface area (Å²) in [5, 5.41) is 11.4. The van der Waals surface area contributed by atoms with E-state index in [2.05, 4.69) is 0 Å². The predicted octanol–water partition coefficient (Wildman–Crippen LogP) is 4.20. The first kappa shape index (κ1) is 23.5. The minimum Gasteiger partial charge on any atom is -0.358 e. The summed E-state index contributed by atoms with van der Waals surface area (Å²) in [5.41, 5.74) is 2.36. The first-order valence-corrected chi connectivity index (χ1v) is 12.1. The van der Waals surface area contributed by atoms with E-state index in [0.717, 1.165) is 16.0 Å². The van der Waals surface area contributed by atoms with Gasteiger partial charge < -0.3 is 4.90 Å². The summed E-state index contributed by atoms with van der Waals surface area (Å²) in [6, 6.07) is 17.6. The number of nitrogens with zero attached hydrogens (tertiary/aromatic N) is 3. The van der Waals surface area contributed by atoms with Crippen molar-refractivity contribution < 1.29 is 24.1 Å². The second-order valence-corrected chi connectivity index (χ2v) is 9.62. The van der Waals surface area contributed by atoms with Gasteiger partial charge in [-0.15, -0.1) is 0 Å². The third kappa shape index (κ3) is 3.39. The van der Waals surface area contributed by atoms with Gasteiger partial charge in [-0.05, 0) is 48.4 Å². The lowest BCUT2D eigenvalue weighted by molar-refractivity contribution is -0.384. The van der Waals surface area contributed by atoms with E-state index in [1.165, 1.54) is 31.2 Å². The molecule has 188 valence electrons. The number of hydrogen-bond donors (Lipinski definition) is 0. The van der Waals surface area contributed by atoms with Crippen molar-refractivity contribution in [1.29, 1.82) is 0 Å². The van der Waals surface area contributed by atoms with Crippen LogP contribution in [0.5, 0.6) is 0 Å². The van der Waals surface area contributed by atoms with Crippen LogP contribution in [0, 0.1) is 22.0 Å². The summed E-state index contributed by atoms with van der Waals surface area (Å²) in [4.78, 5) is 67.1. The predicted molar refractivity (Wildman–Crippen MR) is 137 cm³/mol. The van der Waals surface area contributed by atoms with Crippen molar-refractivity contribution >= 4 is 40.8 Å². The molecule has 2 fully saturated rings. The Labute approximate surface area is 217 Å². The standard InChI is InChI=1S/C29H21N3O6/c1-16(33)17-9-11-20(12-10-17)31-28(35)23-24(29(31)36)26(27(34)19-6-4-7-21(15-19)32(37)38)30-14-13-18-5-2-3-8-22(18)25(23)30/h2-15,23-26H,1H3/t23-,24-,25+,26+/m1/s1. The molecule has 0 radical (unpaired) electrons. The van der Waals surface area contributed by atoms with Crippen molar-refractivity contribution in [3.05, 3.63) is 111 Å². The molecule has 0 saturated carbocycles. The maximum absolute atomic E-state index is 13.9. The second kappa shape index (κ2) is 8.58. The van der Waals surface area contributed by atoms with E-state index >= 15 is 0 Å². The van der Waals surface area contributed by atoms with Crippen molar-refractivity contribution in [2.24, 2.45) is 11.8 Å². The lowest BCUT2D eigenvalue weighted by Gasteiger charge is -2.35. The van der Waals surface area contributed by atoms with E-state index in [4.69, 9.17) is 0 Å². The Bertz CT molecular complexity index is 1580. The van der Waals surface area contributed by atoms with Gasteiger partial charge in [0, 0.05) is 29.5 Å². The normalized spacial score (nSPS) is 23.2. The zero-order valence-corrected chi connectivity index (χ0v) is 20.2. The van der Waals surface area contributed by atoms with Gasteiger partial charge in [0.05, 0.1) is 28.5 Å². The lowest BCUT2D eigenvalue weighted by Crippen LogP contribution is -2.44. The summed E-state index contributed by atoms with van der Waals surface area (Å²) in [7, 11) is 0. The number of ketones is 2. The van der Waals surface area contributed by atoms with Crippen LogP contribution in [0.15, 0.2) is 79.0 Å². The molecule has 0 spiro atoms. The Morgan fingerprint density at radius 2 is 1.58 bits per heavy atom. The van der Waals surface area contributed by atoms with Crippen LogP contribution in [-0.4, -0.2) is 39.2 Å². The number of imide groups is 1. The van der Waals surface area contributed by atoms with Crippen LogP contribution in [-0.2, 0) is 9.59 Å². The minimum absolute atomic E-state index is 0.0976. The summed E-state index contributed by atoms with van der Waals surface area (Å²) >= 11 is 0. The maximum atomic E-state index is 13.9. The van der Waals surface area contributed by atoms with Crippen LogP contribution < -0.4 is 4.90 Å². The fourth-order valence-electron chi connectivity index (χ4n) is 5.90. The number of amides is 2. The molecular formula is C29H21N3O6. The highest BCUT2D eigenvalue weighted by atomic mass is 16.6. The molecule has 0 unspecified atom stereocenters. The molecule has 3 heterocycles. The molecule has 3 aromatic rings. The molecule has 0 bridgehead atoms. The van der Waals surface area contributed by atoms with E-state index in [-0.39, 0.29) is 17.0 Å². The molecular weight excluding hydrogens is 486 g/mol. The van der Waals surface area contributed by atoms with Crippen molar-refractivity contribution in [2.75, 3.05) is 4.90 Å². The van der Waals surface area contributed by atoms with Crippen LogP contribution in [0.3, 0.4) is 0 Å². The summed E-state index contributed by atoms with van der Waals surface area (Å²) in [5.74, 6) is -3.39. The molecule has 6 rings (SSSR count). The quantitative estimate of drug-likeness (QED) is 0.220. The van der Waals surface area contributed by atoms with E-state index < -0.39 is 46.4 Å². The maximum Gasteiger partial charge on any atom is 0.270 e. The number of Topliss-reactive ketones (excluding diaryl/α,β-unsaturated/α-hetero) is 2. The van der Waals surface area contributed by atoms with Gasteiger partial charge >= 0.3 is 0 Å². The smallest absolute Gasteiger partial charge is 0.270 e. The third-order valence-electron chi connectivity index (χ3n) is 7.60. The molecule has 9 nitrogen and oxygen atoms in total. The first-order chi connectivity index (χ1) is 18.3. The van der Waals surface area contributed by atoms with E-state index in [9.17, 15) is 29.3 Å². The van der Waals surface area contributed by atoms with E-state index in [1.807, 2.05) is 30.3 Å². The fraction of sp³-hybridized carbons (Fsp3) is 0.172. The number of nitro benzene ring substituents is 1. The van der Waals surface area contributed by atoms with Crippen molar-refractivity contribution in [1.82, 2.24) is 4.90 Å². The van der Waals surface area contributed by atoms with Crippen molar-refractivity contribution in [3.8, 4) is 0 Å². The molecule has 3 aromatic carbocycles. The Kier molecular flexibility index (Phi) is 5.30. The van der Waals surface area contributed by atoms with Crippen LogP contribution >= 0.6 is 0 Å². The molecule has 4 atom stereocenters. The molecule has 2 saturated heterocycles. The van der Waals surface area contributed by atoms with Gasteiger partial charge in [0.1, 0.15) is 6.04 Å². The number of rotatable bonds is 5. The van der Waals surface area contributed by atoms with Gasteiger partial charge in [-0.2, -0.15) is 0 Å². The molecule has 0 N–H and O–H groups in total. The van der Waals surface area contributed by atoms with Gasteiger partial charge in [0.2, 0.25) is 11.8 Å². The molecule has 9 heteroatoms. The van der Waals surface area contributed by atoms with Crippen LogP contribution in [0.1, 0.15) is 44.8 Å². The number of nitro groups is 1. The zero-order chi connectivity index (χ0) is 26.7. The number of benzene rings is 3. The van der Waals surface area contributed by atoms with E-state index in [0.29, 0.717) is 11.3 Å². The van der Waals surface area contributed by atoms with Gasteiger partial charge in [0.15, 0.2) is 11.6 Å². The first-order valence-electron chi connectivity index (χ1n) is 12.1. The SMILES string of the molecule is CC(=O)c1ccc(N2C(=O)[C@@H]3[C@@H](C2=O)[C@@H]2c4ccccc4C=CN2[C@@H]3C(=O)c2cccc([N+](=O)[O-])c2)cc1. The molecule has 0 aromatic heterocycles. The number of fused-ring (bicyclic) bond motifs is 5. The molecule has 3 aliphatic rings. The van der Waals surface area contributed by atoms with Gasteiger partial charge in [-0.25, -0.2) is 4.90 Å². The fourth-order valence-corrected chi connectivity index (χ4v) is 5.90. The third-order valence-corrected chi connectivity index (χ3v) is 7.60. The number of hydrogen-bond acceptors (Lipinski definition) is 7. The topological polar surface area (TPSA) is 118 Å². The Hall–Kier alpha value is -4.92. The van der Waals surface area contributed by atoms with Gasteiger partial charge in [0.25, 0.3) is 5.69 Å². The van der Waals surface area contributed by atoms with Crippen molar-refractivity contribution in [3.63, 3.8) is 0 Å². The summed E-state index contributed by atoms with van der Waals surface area (Å²) in [6.45, 7) is 1.43. The Balaban J connectivity index is 1.47. The second-order valence-electron chi connectivity index (χ2n) is 9.62. The number of non-ortho nitro benzene ring substituents is 1. The number of anilines is 1. The Morgan fingerprint density at radius 1 is 0.868 bits per heavy atom. The average molecular weight is 508 g/mol. The van der Waals surface area contributed by atoms with Gasteiger partial charge in [-0.3, -0.25) is 29.3 Å². The lowest BCUT2D eigenvalue weighted by atomic mass is 9.83. The molecule has 38 heavy (non-hydrogen) atoms. The highest BCUT2D eigenvalue weighted by Crippen LogP contribution is 2.53. The Morgan fingerprint density at radius 3 is 2.29 bits per heavy atom. The largest absolute Gasteiger partial charge is 0.358 e. The summed E-state index contributed by atoms with van der Waals surface area (Å²) < 4.78 is 0. The molecule has 0 aliphatic carbocycles. The molecule has 2 amide bonds. The van der Waals surface area contributed by atoms with Crippen LogP contribution in [0.25, 0.3) is 6.08 Å². The van der Waals surface area contributed by atoms with Crippen molar-refractivity contribution in [2.45, 2.75) is 19.0 Å². The minimum atomic E-state index is -1.03. The molecule has 3 aliphatic heterocycles.